The quantitative estimate of drug-likeness (QED) is 0.411. The first-order valence-electron chi connectivity index (χ1n) is 11.0. The number of alkyl halides is 1. The molecule has 0 aliphatic carbocycles. The van der Waals surface area contributed by atoms with Crippen LogP contribution in [0.1, 0.15) is 20.7 Å². The van der Waals surface area contributed by atoms with Crippen molar-refractivity contribution < 1.29 is 33.0 Å². The Kier molecular flexibility index (Phi) is 9.14. The van der Waals surface area contributed by atoms with E-state index in [1.54, 1.807) is 48.5 Å². The lowest BCUT2D eigenvalue weighted by Crippen LogP contribution is -2.50. The van der Waals surface area contributed by atoms with Crippen LogP contribution in [-0.4, -0.2) is 67.2 Å². The molecule has 2 amide bonds. The highest BCUT2D eigenvalue weighted by Gasteiger charge is 2.51. The maximum absolute atomic E-state index is 15.7. The molecule has 1 N–H and O–H groups in total. The summed E-state index contributed by atoms with van der Waals surface area (Å²) >= 11 is 0. The number of hydrogen-bond donors (Lipinski definition) is 1. The van der Waals surface area contributed by atoms with Gasteiger partial charge < -0.3 is 19.5 Å². The van der Waals surface area contributed by atoms with Crippen LogP contribution >= 0.6 is 0 Å². The molecule has 0 spiro atoms. The molecule has 1 saturated heterocycles. The maximum atomic E-state index is 15.7. The Morgan fingerprint density at radius 1 is 0.971 bits per heavy atom. The third-order valence-corrected chi connectivity index (χ3v) is 5.20. The van der Waals surface area contributed by atoms with E-state index in [1.165, 1.54) is 24.3 Å². The Hall–Kier alpha value is -3.98. The minimum absolute atomic E-state index is 0.0378. The van der Waals surface area contributed by atoms with Gasteiger partial charge >= 0.3 is 18.0 Å². The number of hydrogen-bond acceptors (Lipinski definition) is 6. The van der Waals surface area contributed by atoms with Gasteiger partial charge in [0.05, 0.1) is 11.1 Å². The lowest BCUT2D eigenvalue weighted by Gasteiger charge is -2.28. The van der Waals surface area contributed by atoms with Gasteiger partial charge in [-0.25, -0.2) is 18.8 Å². The first-order valence-corrected chi connectivity index (χ1v) is 11.0. The van der Waals surface area contributed by atoms with Gasteiger partial charge in [0, 0.05) is 13.1 Å². The number of halogens is 1. The number of carbonyl (C=O) groups excluding carboxylic acids is 3. The number of nitrogens with one attached hydrogen (secondary N) is 1. The van der Waals surface area contributed by atoms with Crippen molar-refractivity contribution in [1.29, 1.82) is 0 Å². The number of rotatable bonds is 10. The number of ether oxygens (including phenoxy) is 3. The molecule has 1 fully saturated rings. The molecule has 0 radical (unpaired) electrons. The predicted octanol–water partition coefficient (Wildman–Crippen LogP) is 3.52. The lowest BCUT2D eigenvalue weighted by atomic mass is 10.1. The topological polar surface area (TPSA) is 94.2 Å². The number of carbonyl (C=O) groups is 3. The van der Waals surface area contributed by atoms with Crippen molar-refractivity contribution in [1.82, 2.24) is 10.2 Å². The van der Waals surface area contributed by atoms with E-state index in [-0.39, 0.29) is 18.7 Å². The Labute approximate surface area is 203 Å². The first kappa shape index (κ1) is 25.6. The van der Waals surface area contributed by atoms with Crippen molar-refractivity contribution in [2.24, 2.45) is 0 Å². The monoisotopic (exact) mass is 482 g/mol. The zero-order chi connectivity index (χ0) is 25.2. The standard InChI is InChI=1S/C26H27FN2O6/c1-3-15-28-26(32)29(16-4-2)23-21(27)22(35-25(31)19-13-9-6-10-14-19)20(34-23)17-33-24(30)18-11-7-5-8-12-18/h3-14,20-23H,1-2,15-17H2,(H,28,32)/t20-,21+,22-,23-/m1/s1. The van der Waals surface area contributed by atoms with E-state index in [9.17, 15) is 14.4 Å². The van der Waals surface area contributed by atoms with Crippen LogP contribution in [0.15, 0.2) is 86.0 Å². The molecule has 3 rings (SSSR count). The summed E-state index contributed by atoms with van der Waals surface area (Å²) in [4.78, 5) is 38.8. The van der Waals surface area contributed by atoms with E-state index in [0.29, 0.717) is 5.56 Å². The van der Waals surface area contributed by atoms with Crippen LogP contribution < -0.4 is 5.32 Å². The minimum Gasteiger partial charge on any atom is -0.459 e. The number of benzene rings is 2. The van der Waals surface area contributed by atoms with Crippen LogP contribution in [0.3, 0.4) is 0 Å². The van der Waals surface area contributed by atoms with Gasteiger partial charge in [-0.1, -0.05) is 48.6 Å². The fourth-order valence-electron chi connectivity index (χ4n) is 3.50. The van der Waals surface area contributed by atoms with Crippen LogP contribution in [0.25, 0.3) is 0 Å². The summed E-state index contributed by atoms with van der Waals surface area (Å²) in [6, 6.07) is 15.7. The van der Waals surface area contributed by atoms with Gasteiger partial charge in [-0.15, -0.1) is 13.2 Å². The fraction of sp³-hybridized carbons (Fsp3) is 0.269. The summed E-state index contributed by atoms with van der Waals surface area (Å²) in [5.74, 6) is -1.42. The highest BCUT2D eigenvalue weighted by molar-refractivity contribution is 5.90. The van der Waals surface area contributed by atoms with E-state index >= 15 is 4.39 Å². The molecule has 1 heterocycles. The molecular formula is C26H27FN2O6. The van der Waals surface area contributed by atoms with Crippen LogP contribution in [0, 0.1) is 0 Å². The van der Waals surface area contributed by atoms with E-state index in [1.807, 2.05) is 0 Å². The molecule has 1 aliphatic rings. The second-order valence-electron chi connectivity index (χ2n) is 7.63. The summed E-state index contributed by atoms with van der Waals surface area (Å²) in [6.07, 6.45) is -3.03. The smallest absolute Gasteiger partial charge is 0.338 e. The van der Waals surface area contributed by atoms with Crippen LogP contribution in [0.4, 0.5) is 9.18 Å². The Morgan fingerprint density at radius 3 is 2.14 bits per heavy atom. The molecule has 2 aromatic carbocycles. The summed E-state index contributed by atoms with van der Waals surface area (Å²) in [7, 11) is 0. The predicted molar refractivity (Wildman–Crippen MR) is 126 cm³/mol. The van der Waals surface area contributed by atoms with Gasteiger partial charge in [-0.2, -0.15) is 0 Å². The molecule has 4 atom stereocenters. The van der Waals surface area contributed by atoms with Gasteiger partial charge in [0.1, 0.15) is 12.7 Å². The van der Waals surface area contributed by atoms with E-state index in [0.717, 1.165) is 4.90 Å². The highest BCUT2D eigenvalue weighted by atomic mass is 19.1. The normalized spacial score (nSPS) is 20.9. The van der Waals surface area contributed by atoms with Crippen molar-refractivity contribution in [3.05, 3.63) is 97.1 Å². The SMILES string of the molecule is C=CCNC(=O)N(CC=C)[C@@H]1O[C@H](COC(=O)c2ccccc2)[C@@H](OC(=O)c2ccccc2)[C@@H]1F. The average Bonchev–Trinajstić information content (AvgIpc) is 3.19. The first-order chi connectivity index (χ1) is 17.0. The summed E-state index contributed by atoms with van der Waals surface area (Å²) in [6.45, 7) is 6.86. The molecule has 184 valence electrons. The van der Waals surface area contributed by atoms with Crippen LogP contribution in [0.5, 0.6) is 0 Å². The molecule has 0 saturated carbocycles. The van der Waals surface area contributed by atoms with Crippen LogP contribution in [-0.2, 0) is 14.2 Å². The molecule has 0 unspecified atom stereocenters. The molecule has 0 aromatic heterocycles. The summed E-state index contributed by atoms with van der Waals surface area (Å²) in [5.41, 5.74) is 0.517. The van der Waals surface area contributed by atoms with Crippen molar-refractivity contribution in [2.75, 3.05) is 19.7 Å². The number of nitrogens with zero attached hydrogens (tertiary/aromatic N) is 1. The van der Waals surface area contributed by atoms with Gasteiger partial charge in [-0.05, 0) is 24.3 Å². The third-order valence-electron chi connectivity index (χ3n) is 5.20. The van der Waals surface area contributed by atoms with E-state index in [2.05, 4.69) is 18.5 Å². The van der Waals surface area contributed by atoms with Crippen LogP contribution in [0.2, 0.25) is 0 Å². The number of amides is 2. The molecule has 8 nitrogen and oxygen atoms in total. The summed E-state index contributed by atoms with van der Waals surface area (Å²) < 4.78 is 32.2. The molecule has 2 aromatic rings. The number of urea groups is 1. The van der Waals surface area contributed by atoms with E-state index < -0.39 is 49.2 Å². The Morgan fingerprint density at radius 2 is 1.57 bits per heavy atom. The lowest BCUT2D eigenvalue weighted by molar-refractivity contribution is -0.0730. The van der Waals surface area contributed by atoms with Crippen molar-refractivity contribution in [3.8, 4) is 0 Å². The zero-order valence-corrected chi connectivity index (χ0v) is 19.0. The van der Waals surface area contributed by atoms with Gasteiger partial charge in [-0.3, -0.25) is 4.90 Å². The Bertz CT molecular complexity index is 1030. The summed E-state index contributed by atoms with van der Waals surface area (Å²) in [5, 5.41) is 2.56. The van der Waals surface area contributed by atoms with E-state index in [4.69, 9.17) is 14.2 Å². The number of esters is 2. The van der Waals surface area contributed by atoms with Gasteiger partial charge in [0.15, 0.2) is 18.5 Å². The second kappa shape index (κ2) is 12.5. The molecule has 0 bridgehead atoms. The van der Waals surface area contributed by atoms with Crippen molar-refractivity contribution in [2.45, 2.75) is 24.6 Å². The third kappa shape index (κ3) is 6.54. The largest absolute Gasteiger partial charge is 0.459 e. The van der Waals surface area contributed by atoms with Crippen molar-refractivity contribution >= 4 is 18.0 Å². The molecule has 35 heavy (non-hydrogen) atoms. The highest BCUT2D eigenvalue weighted by Crippen LogP contribution is 2.30. The fourth-order valence-corrected chi connectivity index (χ4v) is 3.50. The molecular weight excluding hydrogens is 455 g/mol. The second-order valence-corrected chi connectivity index (χ2v) is 7.63. The minimum atomic E-state index is -1.92. The maximum Gasteiger partial charge on any atom is 0.338 e. The molecule has 1 aliphatic heterocycles. The average molecular weight is 483 g/mol. The zero-order valence-electron chi connectivity index (χ0n) is 19.0. The Balaban J connectivity index is 1.80. The van der Waals surface area contributed by atoms with Crippen molar-refractivity contribution in [3.63, 3.8) is 0 Å². The van der Waals surface area contributed by atoms with Gasteiger partial charge in [0.25, 0.3) is 0 Å². The molecule has 9 heteroatoms. The van der Waals surface area contributed by atoms with Gasteiger partial charge in [0.2, 0.25) is 0 Å².